The Bertz CT molecular complexity index is 1440. The van der Waals surface area contributed by atoms with Crippen molar-refractivity contribution in [3.05, 3.63) is 93.6 Å². The zero-order valence-corrected chi connectivity index (χ0v) is 27.4. The molecule has 9 rings (SSSR count). The van der Waals surface area contributed by atoms with Gasteiger partial charge in [-0.15, -0.1) is 0 Å². The van der Waals surface area contributed by atoms with E-state index in [0.717, 1.165) is 40.8 Å². The van der Waals surface area contributed by atoms with E-state index in [2.05, 4.69) is 73.3 Å². The van der Waals surface area contributed by atoms with E-state index in [1.807, 2.05) is 11.1 Å². The Morgan fingerprint density at radius 1 is 0.791 bits per heavy atom. The summed E-state index contributed by atoms with van der Waals surface area (Å²) in [4.78, 5) is 0. The number of allylic oxidation sites excluding steroid dienone is 3. The molecule has 0 radical (unpaired) electrons. The highest BCUT2D eigenvalue weighted by atomic mass is 32.2. The van der Waals surface area contributed by atoms with E-state index in [1.165, 1.54) is 103 Å². The van der Waals surface area contributed by atoms with E-state index < -0.39 is 0 Å². The normalized spacial score (nSPS) is 40.9. The average Bonchev–Trinajstić information content (AvgIpc) is 3.05. The number of hydrogen-bond acceptors (Lipinski definition) is 1. The molecule has 3 fully saturated rings. The predicted molar refractivity (Wildman–Crippen MR) is 183 cm³/mol. The molecule has 0 spiro atoms. The van der Waals surface area contributed by atoms with Crippen molar-refractivity contribution in [1.29, 1.82) is 0 Å². The van der Waals surface area contributed by atoms with Crippen LogP contribution in [0.15, 0.2) is 65.8 Å². The average molecular weight is 589 g/mol. The smallest absolute Gasteiger partial charge is 0.0204 e. The van der Waals surface area contributed by atoms with Gasteiger partial charge in [0, 0.05) is 10.5 Å². The number of fused-ring (bicyclic) bond motifs is 6. The Hall–Kier alpha value is -1.73. The zero-order chi connectivity index (χ0) is 28.5. The van der Waals surface area contributed by atoms with Gasteiger partial charge in [-0.1, -0.05) is 78.6 Å². The van der Waals surface area contributed by atoms with Crippen LogP contribution in [0.5, 0.6) is 0 Å². The van der Waals surface area contributed by atoms with Crippen molar-refractivity contribution in [3.8, 4) is 0 Å². The van der Waals surface area contributed by atoms with Crippen LogP contribution in [0.3, 0.4) is 0 Å². The minimum Gasteiger partial charge on any atom is -0.151 e. The Morgan fingerprint density at radius 2 is 1.70 bits per heavy atom. The molecule has 226 valence electrons. The van der Waals surface area contributed by atoms with Crippen molar-refractivity contribution >= 4 is 11.8 Å². The molecule has 3 saturated carbocycles. The summed E-state index contributed by atoms with van der Waals surface area (Å²) in [7, 11) is 0. The summed E-state index contributed by atoms with van der Waals surface area (Å²) >= 11 is 2.36. The molecule has 0 bridgehead atoms. The van der Waals surface area contributed by atoms with Crippen LogP contribution in [0, 0.1) is 35.0 Å². The third kappa shape index (κ3) is 4.85. The zero-order valence-electron chi connectivity index (χ0n) is 26.5. The second kappa shape index (κ2) is 11.0. The Kier molecular flexibility index (Phi) is 7.03. The Morgan fingerprint density at radius 3 is 2.56 bits per heavy atom. The molecule has 0 nitrogen and oxygen atoms in total. The van der Waals surface area contributed by atoms with Crippen LogP contribution >= 0.6 is 11.8 Å². The first-order valence-electron chi connectivity index (χ1n) is 18.4. The monoisotopic (exact) mass is 588 g/mol. The van der Waals surface area contributed by atoms with Crippen molar-refractivity contribution in [2.75, 3.05) is 0 Å². The first-order valence-corrected chi connectivity index (χ1v) is 19.3. The number of benzene rings is 2. The molecule has 1 aliphatic heterocycles. The Balaban J connectivity index is 1.02. The van der Waals surface area contributed by atoms with Crippen molar-refractivity contribution in [2.24, 2.45) is 35.0 Å². The van der Waals surface area contributed by atoms with E-state index in [1.54, 1.807) is 27.8 Å². The first kappa shape index (κ1) is 27.6. The highest BCUT2D eigenvalue weighted by Crippen LogP contribution is 2.61. The van der Waals surface area contributed by atoms with Crippen LogP contribution in [-0.4, -0.2) is 10.5 Å². The minimum atomic E-state index is 0.459. The molecule has 0 amide bonds. The molecule has 9 atom stereocenters. The predicted octanol–water partition coefficient (Wildman–Crippen LogP) is 10.8. The van der Waals surface area contributed by atoms with E-state index >= 15 is 0 Å². The van der Waals surface area contributed by atoms with Gasteiger partial charge in [0.15, 0.2) is 0 Å². The van der Waals surface area contributed by atoms with Crippen molar-refractivity contribution < 1.29 is 0 Å². The lowest BCUT2D eigenvalue weighted by molar-refractivity contribution is 0.0274. The maximum absolute atomic E-state index is 2.76. The second-order valence-electron chi connectivity index (χ2n) is 16.2. The summed E-state index contributed by atoms with van der Waals surface area (Å²) in [5.41, 5.74) is 12.5. The molecular weight excluding hydrogens is 537 g/mol. The maximum Gasteiger partial charge on any atom is 0.0204 e. The summed E-state index contributed by atoms with van der Waals surface area (Å²) in [5, 5.41) is 1.55. The van der Waals surface area contributed by atoms with E-state index in [-0.39, 0.29) is 0 Å². The van der Waals surface area contributed by atoms with Gasteiger partial charge in [-0.25, -0.2) is 0 Å². The molecule has 0 saturated heterocycles. The number of thioether (sulfide) groups is 1. The van der Waals surface area contributed by atoms with E-state index in [0.29, 0.717) is 10.7 Å². The van der Waals surface area contributed by atoms with Crippen LogP contribution in [0.25, 0.3) is 0 Å². The molecule has 0 N–H and O–H groups in total. The van der Waals surface area contributed by atoms with Crippen LogP contribution in [0.2, 0.25) is 0 Å². The minimum absolute atomic E-state index is 0.459. The van der Waals surface area contributed by atoms with Crippen LogP contribution in [-0.2, 0) is 25.7 Å². The van der Waals surface area contributed by atoms with Crippen molar-refractivity contribution in [2.45, 2.75) is 126 Å². The highest BCUT2D eigenvalue weighted by molar-refractivity contribution is 8.00. The van der Waals surface area contributed by atoms with E-state index in [4.69, 9.17) is 0 Å². The first-order chi connectivity index (χ1) is 21.1. The molecule has 7 unspecified atom stereocenters. The van der Waals surface area contributed by atoms with Gasteiger partial charge in [0.25, 0.3) is 0 Å². The molecule has 43 heavy (non-hydrogen) atoms. The quantitative estimate of drug-likeness (QED) is 0.321. The molecule has 2 aromatic rings. The summed E-state index contributed by atoms with van der Waals surface area (Å²) < 4.78 is 0. The molecular formula is C42H52S. The molecule has 6 aliphatic carbocycles. The highest BCUT2D eigenvalue weighted by Gasteiger charge is 2.51. The van der Waals surface area contributed by atoms with Crippen molar-refractivity contribution in [3.63, 3.8) is 0 Å². The third-order valence-electron chi connectivity index (χ3n) is 13.9. The topological polar surface area (TPSA) is 0 Å². The van der Waals surface area contributed by atoms with Crippen LogP contribution in [0.1, 0.15) is 118 Å². The SMILES string of the molecule is CC1/C=C2/CC3CCC3=CC2CC[C@H]2CC(C3c4ccccc4C[C@@]4(Cc5ccc6c(c5)CC6)CCCCC34)CCC2S1. The summed E-state index contributed by atoms with van der Waals surface area (Å²) in [5.74, 6) is 5.05. The lowest BCUT2D eigenvalue weighted by atomic mass is 9.49. The lowest BCUT2D eigenvalue weighted by Crippen LogP contribution is -2.47. The molecule has 0 aromatic heterocycles. The van der Waals surface area contributed by atoms with Gasteiger partial charge in [0.1, 0.15) is 0 Å². The molecule has 7 aliphatic rings. The number of rotatable bonds is 3. The van der Waals surface area contributed by atoms with Gasteiger partial charge in [-0.2, -0.15) is 11.8 Å². The Labute approximate surface area is 265 Å². The largest absolute Gasteiger partial charge is 0.151 e. The maximum atomic E-state index is 2.76. The molecule has 1 heterocycles. The fourth-order valence-corrected chi connectivity index (χ4v) is 13.2. The fourth-order valence-electron chi connectivity index (χ4n) is 11.7. The van der Waals surface area contributed by atoms with Gasteiger partial charge in [0.2, 0.25) is 0 Å². The van der Waals surface area contributed by atoms with Gasteiger partial charge >= 0.3 is 0 Å². The number of aryl methyl sites for hydroxylation is 2. The third-order valence-corrected chi connectivity index (χ3v) is 15.5. The summed E-state index contributed by atoms with van der Waals surface area (Å²) in [6, 6.07) is 17.4. The van der Waals surface area contributed by atoms with E-state index in [9.17, 15) is 0 Å². The van der Waals surface area contributed by atoms with Crippen LogP contribution in [0.4, 0.5) is 0 Å². The van der Waals surface area contributed by atoms with Gasteiger partial charge < -0.3 is 0 Å². The van der Waals surface area contributed by atoms with Crippen LogP contribution < -0.4 is 0 Å². The summed E-state index contributed by atoms with van der Waals surface area (Å²) in [6.45, 7) is 2.52. The van der Waals surface area contributed by atoms with Crippen molar-refractivity contribution in [1.82, 2.24) is 0 Å². The second-order valence-corrected chi connectivity index (χ2v) is 17.8. The van der Waals surface area contributed by atoms with Gasteiger partial charge in [-0.3, -0.25) is 0 Å². The lowest BCUT2D eigenvalue weighted by Gasteiger charge is -2.55. The fraction of sp³-hybridized carbons (Fsp3) is 0.619. The van der Waals surface area contributed by atoms with Gasteiger partial charge in [0.05, 0.1) is 0 Å². The van der Waals surface area contributed by atoms with Gasteiger partial charge in [-0.05, 0) is 166 Å². The number of hydrogen-bond donors (Lipinski definition) is 0. The molecule has 1 heteroatoms. The summed E-state index contributed by atoms with van der Waals surface area (Å²) in [6.07, 6.45) is 28.0. The standard InChI is InChI=1S/C42H52S/c1-27-20-37-23-32-14-13-31(32)22-33(37)15-16-34-24-35(17-18-40(34)43-27)41-38-7-3-2-6-36(38)26-42(19-5-4-8-39(41)42)25-28-9-10-29-11-12-30(29)21-28/h2-3,6-7,9-10,20-22,27,32-35,39-41H,4-5,8,11-19,23-26H2,1H3/b37-20-/t27?,32?,33?,34-,35?,39?,40?,41?,42-/m0/s1. The molecule has 2 aromatic carbocycles.